The maximum atomic E-state index is 12.9. The molecule has 1 atom stereocenters. The first kappa shape index (κ1) is 16.9. The molecule has 0 unspecified atom stereocenters. The largest absolute Gasteiger partial charge is 0.449 e. The van der Waals surface area contributed by atoms with Crippen LogP contribution in [0, 0.1) is 5.82 Å². The van der Waals surface area contributed by atoms with Gasteiger partial charge in [-0.3, -0.25) is 4.79 Å². The fourth-order valence-electron chi connectivity index (χ4n) is 1.34. The van der Waals surface area contributed by atoms with E-state index < -0.39 is 23.8 Å². The lowest BCUT2D eigenvalue weighted by atomic mass is 10.3. The Morgan fingerprint density at radius 3 is 2.71 bits per heavy atom. The lowest BCUT2D eigenvalue weighted by Crippen LogP contribution is -2.29. The summed E-state index contributed by atoms with van der Waals surface area (Å²) < 4.78 is 17.8. The van der Waals surface area contributed by atoms with Gasteiger partial charge in [-0.15, -0.1) is 0 Å². The van der Waals surface area contributed by atoms with E-state index in [1.54, 1.807) is 19.1 Å². The van der Waals surface area contributed by atoms with Crippen molar-refractivity contribution in [3.63, 3.8) is 0 Å². The third kappa shape index (κ3) is 5.79. The number of hydrogen-bond acceptors (Lipinski definition) is 3. The molecule has 0 bridgehead atoms. The molecule has 1 amide bonds. The van der Waals surface area contributed by atoms with Crippen LogP contribution in [-0.4, -0.2) is 18.0 Å². The van der Waals surface area contributed by atoms with E-state index in [4.69, 9.17) is 16.3 Å². The fraction of sp³-hybridized carbons (Fsp3) is 0.200. The van der Waals surface area contributed by atoms with E-state index in [-0.39, 0.29) is 10.7 Å². The van der Waals surface area contributed by atoms with Crippen molar-refractivity contribution in [2.75, 3.05) is 5.32 Å². The van der Waals surface area contributed by atoms with E-state index in [0.29, 0.717) is 0 Å². The number of anilines is 1. The summed E-state index contributed by atoms with van der Waals surface area (Å²) in [4.78, 5) is 23.2. The maximum absolute atomic E-state index is 12.9. The topological polar surface area (TPSA) is 55.4 Å². The van der Waals surface area contributed by atoms with Crippen LogP contribution < -0.4 is 5.32 Å². The Labute approximate surface area is 127 Å². The summed E-state index contributed by atoms with van der Waals surface area (Å²) in [5.41, 5.74) is 0.246. The Hall–Kier alpha value is -2.14. The van der Waals surface area contributed by atoms with Gasteiger partial charge in [-0.2, -0.15) is 0 Å². The predicted octanol–water partition coefficient (Wildman–Crippen LogP) is 3.48. The first-order chi connectivity index (χ1) is 9.93. The summed E-state index contributed by atoms with van der Waals surface area (Å²) in [7, 11) is 0. The number of rotatable bonds is 5. The van der Waals surface area contributed by atoms with Crippen molar-refractivity contribution in [2.24, 2.45) is 0 Å². The molecule has 21 heavy (non-hydrogen) atoms. The SMILES string of the molecule is C/C=C/C=C/C(=O)O[C@H](C)C(=O)Nc1ccc(F)cc1Cl. The third-order valence-electron chi connectivity index (χ3n) is 2.39. The van der Waals surface area contributed by atoms with Crippen LogP contribution >= 0.6 is 11.6 Å². The van der Waals surface area contributed by atoms with Crippen molar-refractivity contribution in [3.8, 4) is 0 Å². The zero-order valence-electron chi connectivity index (χ0n) is 11.6. The molecule has 1 aromatic carbocycles. The third-order valence-corrected chi connectivity index (χ3v) is 2.70. The van der Waals surface area contributed by atoms with Crippen molar-refractivity contribution in [1.29, 1.82) is 0 Å². The summed E-state index contributed by atoms with van der Waals surface area (Å²) in [5, 5.41) is 2.52. The van der Waals surface area contributed by atoms with Gasteiger partial charge in [0.2, 0.25) is 0 Å². The second-order valence-corrected chi connectivity index (χ2v) is 4.48. The Bertz CT molecular complexity index is 584. The van der Waals surface area contributed by atoms with E-state index >= 15 is 0 Å². The first-order valence-electron chi connectivity index (χ1n) is 6.20. The van der Waals surface area contributed by atoms with Crippen LogP contribution in [0.1, 0.15) is 13.8 Å². The molecule has 0 fully saturated rings. The summed E-state index contributed by atoms with van der Waals surface area (Å²) in [6.45, 7) is 3.23. The number of halogens is 2. The van der Waals surface area contributed by atoms with Crippen LogP contribution in [0.15, 0.2) is 42.5 Å². The standard InChI is InChI=1S/C15H15ClFNO3/c1-3-4-5-6-14(19)21-10(2)15(20)18-13-8-7-11(17)9-12(13)16/h3-10H,1-2H3,(H,18,20)/b4-3+,6-5+/t10-/m1/s1. The fourth-order valence-corrected chi connectivity index (χ4v) is 1.55. The zero-order valence-corrected chi connectivity index (χ0v) is 12.4. The predicted molar refractivity (Wildman–Crippen MR) is 79.5 cm³/mol. The monoisotopic (exact) mass is 311 g/mol. The molecule has 4 nitrogen and oxygen atoms in total. The van der Waals surface area contributed by atoms with Gasteiger partial charge < -0.3 is 10.1 Å². The van der Waals surface area contributed by atoms with E-state index in [9.17, 15) is 14.0 Å². The minimum Gasteiger partial charge on any atom is -0.449 e. The van der Waals surface area contributed by atoms with Crippen LogP contribution in [0.5, 0.6) is 0 Å². The number of allylic oxidation sites excluding steroid dienone is 3. The number of benzene rings is 1. The van der Waals surface area contributed by atoms with Gasteiger partial charge in [0.15, 0.2) is 6.10 Å². The van der Waals surface area contributed by atoms with Crippen molar-refractivity contribution in [2.45, 2.75) is 20.0 Å². The molecule has 6 heteroatoms. The lowest BCUT2D eigenvalue weighted by molar-refractivity contribution is -0.148. The molecule has 0 aliphatic rings. The number of nitrogens with one attached hydrogen (secondary N) is 1. The zero-order chi connectivity index (χ0) is 15.8. The summed E-state index contributed by atoms with van der Waals surface area (Å²) in [5.74, 6) is -1.70. The number of amides is 1. The molecule has 0 radical (unpaired) electrons. The summed E-state index contributed by atoms with van der Waals surface area (Å²) in [6, 6.07) is 3.57. The molecule has 0 aliphatic carbocycles. The smallest absolute Gasteiger partial charge is 0.331 e. The normalized spacial score (nSPS) is 12.6. The van der Waals surface area contributed by atoms with Gasteiger partial charge in [0.1, 0.15) is 5.82 Å². The summed E-state index contributed by atoms with van der Waals surface area (Å²) >= 11 is 5.79. The first-order valence-corrected chi connectivity index (χ1v) is 6.57. The van der Waals surface area contributed by atoms with Crippen molar-refractivity contribution in [3.05, 3.63) is 53.3 Å². The molecule has 1 rings (SSSR count). The van der Waals surface area contributed by atoms with Gasteiger partial charge in [0.25, 0.3) is 5.91 Å². The van der Waals surface area contributed by atoms with Crippen LogP contribution in [0.3, 0.4) is 0 Å². The van der Waals surface area contributed by atoms with E-state index in [1.807, 2.05) is 0 Å². The van der Waals surface area contributed by atoms with Gasteiger partial charge in [-0.1, -0.05) is 29.8 Å². The van der Waals surface area contributed by atoms with Gasteiger partial charge in [0.05, 0.1) is 10.7 Å². The highest BCUT2D eigenvalue weighted by Crippen LogP contribution is 2.22. The molecular weight excluding hydrogens is 297 g/mol. The highest BCUT2D eigenvalue weighted by Gasteiger charge is 2.17. The molecule has 1 aromatic rings. The molecule has 0 aliphatic heterocycles. The minimum atomic E-state index is -1.01. The number of ether oxygens (including phenoxy) is 1. The van der Waals surface area contributed by atoms with Gasteiger partial charge in [-0.05, 0) is 32.0 Å². The molecule has 0 saturated heterocycles. The number of hydrogen-bond donors (Lipinski definition) is 1. The van der Waals surface area contributed by atoms with Crippen LogP contribution in [0.25, 0.3) is 0 Å². The highest BCUT2D eigenvalue weighted by molar-refractivity contribution is 6.33. The number of esters is 1. The molecule has 0 saturated carbocycles. The molecule has 0 spiro atoms. The highest BCUT2D eigenvalue weighted by atomic mass is 35.5. The second kappa shape index (κ2) is 8.21. The van der Waals surface area contributed by atoms with Crippen LogP contribution in [-0.2, 0) is 14.3 Å². The van der Waals surface area contributed by atoms with Gasteiger partial charge in [-0.25, -0.2) is 9.18 Å². The molecule has 0 aromatic heterocycles. The average molecular weight is 312 g/mol. The van der Waals surface area contributed by atoms with Crippen molar-refractivity contribution < 1.29 is 18.7 Å². The maximum Gasteiger partial charge on any atom is 0.331 e. The lowest BCUT2D eigenvalue weighted by Gasteiger charge is -2.13. The number of carbonyl (C=O) groups is 2. The Morgan fingerprint density at radius 1 is 1.38 bits per heavy atom. The Kier molecular flexibility index (Phi) is 6.62. The quantitative estimate of drug-likeness (QED) is 0.514. The van der Waals surface area contributed by atoms with E-state index in [2.05, 4.69) is 5.32 Å². The van der Waals surface area contributed by atoms with Crippen molar-refractivity contribution >= 4 is 29.2 Å². The molecule has 1 N–H and O–H groups in total. The average Bonchev–Trinajstić information content (AvgIpc) is 2.42. The van der Waals surface area contributed by atoms with E-state index in [1.165, 1.54) is 25.1 Å². The van der Waals surface area contributed by atoms with Crippen LogP contribution in [0.4, 0.5) is 10.1 Å². The Balaban J connectivity index is 2.60. The van der Waals surface area contributed by atoms with Gasteiger partial charge in [0, 0.05) is 6.08 Å². The van der Waals surface area contributed by atoms with Gasteiger partial charge >= 0.3 is 5.97 Å². The molecule has 0 heterocycles. The molecular formula is C15H15ClFNO3. The minimum absolute atomic E-state index is 0.0647. The van der Waals surface area contributed by atoms with E-state index in [0.717, 1.165) is 12.1 Å². The van der Waals surface area contributed by atoms with Crippen molar-refractivity contribution in [1.82, 2.24) is 0 Å². The Morgan fingerprint density at radius 2 is 2.10 bits per heavy atom. The summed E-state index contributed by atoms with van der Waals surface area (Å²) in [6.07, 6.45) is 5.10. The van der Waals surface area contributed by atoms with Crippen LogP contribution in [0.2, 0.25) is 5.02 Å². The number of carbonyl (C=O) groups excluding carboxylic acids is 2. The second-order valence-electron chi connectivity index (χ2n) is 4.08. The molecule has 112 valence electrons.